The summed E-state index contributed by atoms with van der Waals surface area (Å²) in [4.78, 5) is 14.6. The Morgan fingerprint density at radius 2 is 2.04 bits per heavy atom. The predicted molar refractivity (Wildman–Crippen MR) is 93.5 cm³/mol. The Bertz CT molecular complexity index is 679. The molecule has 4 nitrogen and oxygen atoms in total. The van der Waals surface area contributed by atoms with Crippen molar-refractivity contribution in [3.05, 3.63) is 42.5 Å². The lowest BCUT2D eigenvalue weighted by Gasteiger charge is -2.36. The largest absolute Gasteiger partial charge is 0.392 e. The standard InChI is InChI=1S/C19H24N2O2/c1-14(22)18-11-4-5-12-21(18)13-19(23)20-17-10-6-8-15-7-2-3-9-16(15)17/h2-3,6-10,14,18,22H,4-5,11-13H2,1H3,(H,20,23). The first-order valence-corrected chi connectivity index (χ1v) is 8.35. The number of benzene rings is 2. The number of hydrogen-bond donors (Lipinski definition) is 2. The molecule has 0 spiro atoms. The monoisotopic (exact) mass is 312 g/mol. The smallest absolute Gasteiger partial charge is 0.238 e. The molecule has 2 aromatic rings. The molecule has 1 amide bonds. The van der Waals surface area contributed by atoms with Crippen LogP contribution in [0.1, 0.15) is 26.2 Å². The second-order valence-corrected chi connectivity index (χ2v) is 6.35. The zero-order valence-electron chi connectivity index (χ0n) is 13.5. The molecule has 0 bridgehead atoms. The van der Waals surface area contributed by atoms with Gasteiger partial charge in [0.2, 0.25) is 5.91 Å². The lowest BCUT2D eigenvalue weighted by molar-refractivity contribution is -0.118. The minimum absolute atomic E-state index is 0.0195. The number of carbonyl (C=O) groups is 1. The molecule has 1 saturated heterocycles. The van der Waals surface area contributed by atoms with Gasteiger partial charge in [0.25, 0.3) is 0 Å². The first-order valence-electron chi connectivity index (χ1n) is 8.35. The van der Waals surface area contributed by atoms with Crippen molar-refractivity contribution in [1.29, 1.82) is 0 Å². The average molecular weight is 312 g/mol. The summed E-state index contributed by atoms with van der Waals surface area (Å²) in [6.45, 7) is 3.02. The van der Waals surface area contributed by atoms with Gasteiger partial charge in [0.1, 0.15) is 0 Å². The molecule has 122 valence electrons. The second-order valence-electron chi connectivity index (χ2n) is 6.35. The molecule has 23 heavy (non-hydrogen) atoms. The van der Waals surface area contributed by atoms with Gasteiger partial charge in [0.15, 0.2) is 0 Å². The number of rotatable bonds is 4. The number of hydrogen-bond acceptors (Lipinski definition) is 3. The van der Waals surface area contributed by atoms with Crippen LogP contribution < -0.4 is 5.32 Å². The van der Waals surface area contributed by atoms with Crippen LogP contribution in [0, 0.1) is 0 Å². The fourth-order valence-electron chi connectivity index (χ4n) is 3.47. The highest BCUT2D eigenvalue weighted by atomic mass is 16.3. The van der Waals surface area contributed by atoms with Gasteiger partial charge in [0.05, 0.1) is 12.6 Å². The normalized spacial score (nSPS) is 20.3. The van der Waals surface area contributed by atoms with E-state index < -0.39 is 6.10 Å². The highest BCUT2D eigenvalue weighted by molar-refractivity contribution is 6.02. The van der Waals surface area contributed by atoms with E-state index in [2.05, 4.69) is 10.2 Å². The molecule has 0 saturated carbocycles. The van der Waals surface area contributed by atoms with Crippen molar-refractivity contribution >= 4 is 22.4 Å². The number of likely N-dealkylation sites (tertiary alicyclic amines) is 1. The Kier molecular flexibility index (Phi) is 4.94. The van der Waals surface area contributed by atoms with Crippen molar-refractivity contribution in [2.45, 2.75) is 38.3 Å². The van der Waals surface area contributed by atoms with Crippen molar-refractivity contribution in [2.75, 3.05) is 18.4 Å². The first-order chi connectivity index (χ1) is 11.1. The predicted octanol–water partition coefficient (Wildman–Crippen LogP) is 3.01. The van der Waals surface area contributed by atoms with Crippen LogP contribution in [0.4, 0.5) is 5.69 Å². The van der Waals surface area contributed by atoms with E-state index in [1.807, 2.05) is 49.4 Å². The van der Waals surface area contributed by atoms with Crippen LogP contribution >= 0.6 is 0 Å². The minimum atomic E-state index is -0.402. The van der Waals surface area contributed by atoms with Gasteiger partial charge in [-0.3, -0.25) is 9.69 Å². The summed E-state index contributed by atoms with van der Waals surface area (Å²) in [5.74, 6) is -0.0195. The quantitative estimate of drug-likeness (QED) is 0.912. The van der Waals surface area contributed by atoms with Gasteiger partial charge in [-0.1, -0.05) is 42.8 Å². The first kappa shape index (κ1) is 16.0. The maximum Gasteiger partial charge on any atom is 0.238 e. The fourth-order valence-corrected chi connectivity index (χ4v) is 3.47. The number of nitrogens with one attached hydrogen (secondary N) is 1. The number of piperidine rings is 1. The van der Waals surface area contributed by atoms with E-state index >= 15 is 0 Å². The van der Waals surface area contributed by atoms with Gasteiger partial charge in [-0.15, -0.1) is 0 Å². The zero-order valence-corrected chi connectivity index (χ0v) is 13.5. The SMILES string of the molecule is CC(O)C1CCCCN1CC(=O)Nc1cccc2ccccc12. The van der Waals surface area contributed by atoms with Crippen LogP contribution in [0.3, 0.4) is 0 Å². The minimum Gasteiger partial charge on any atom is -0.392 e. The molecule has 1 heterocycles. The summed E-state index contributed by atoms with van der Waals surface area (Å²) in [5.41, 5.74) is 0.846. The van der Waals surface area contributed by atoms with Crippen molar-refractivity contribution in [1.82, 2.24) is 4.90 Å². The van der Waals surface area contributed by atoms with Crippen LogP contribution in [-0.2, 0) is 4.79 Å². The number of aliphatic hydroxyl groups excluding tert-OH is 1. The van der Waals surface area contributed by atoms with Gasteiger partial charge >= 0.3 is 0 Å². The molecular weight excluding hydrogens is 288 g/mol. The molecule has 1 aliphatic heterocycles. The lowest BCUT2D eigenvalue weighted by Crippen LogP contribution is -2.48. The summed E-state index contributed by atoms with van der Waals surface area (Å²) < 4.78 is 0. The molecule has 2 aromatic carbocycles. The second kappa shape index (κ2) is 7.11. The highest BCUT2D eigenvalue weighted by Crippen LogP contribution is 2.24. The van der Waals surface area contributed by atoms with Gasteiger partial charge < -0.3 is 10.4 Å². The van der Waals surface area contributed by atoms with Crippen LogP contribution in [-0.4, -0.2) is 41.1 Å². The Morgan fingerprint density at radius 3 is 2.87 bits per heavy atom. The van der Waals surface area contributed by atoms with Crippen molar-refractivity contribution in [3.63, 3.8) is 0 Å². The van der Waals surface area contributed by atoms with E-state index in [-0.39, 0.29) is 11.9 Å². The summed E-state index contributed by atoms with van der Waals surface area (Å²) in [5, 5.41) is 15.1. The van der Waals surface area contributed by atoms with Gasteiger partial charge in [-0.2, -0.15) is 0 Å². The van der Waals surface area contributed by atoms with E-state index in [1.54, 1.807) is 0 Å². The number of aliphatic hydroxyl groups is 1. The molecule has 1 fully saturated rings. The number of anilines is 1. The van der Waals surface area contributed by atoms with Gasteiger partial charge in [-0.25, -0.2) is 0 Å². The van der Waals surface area contributed by atoms with Gasteiger partial charge in [-0.05, 0) is 37.8 Å². The Labute approximate surface area is 137 Å². The Morgan fingerprint density at radius 1 is 1.26 bits per heavy atom. The topological polar surface area (TPSA) is 52.6 Å². The maximum absolute atomic E-state index is 12.5. The lowest BCUT2D eigenvalue weighted by atomic mass is 9.98. The van der Waals surface area contributed by atoms with E-state index in [9.17, 15) is 9.90 Å². The summed E-state index contributed by atoms with van der Waals surface area (Å²) in [6, 6.07) is 14.0. The summed E-state index contributed by atoms with van der Waals surface area (Å²) in [7, 11) is 0. The Balaban J connectivity index is 1.71. The Hall–Kier alpha value is -1.91. The average Bonchev–Trinajstić information content (AvgIpc) is 2.55. The maximum atomic E-state index is 12.5. The number of fused-ring (bicyclic) bond motifs is 1. The van der Waals surface area contributed by atoms with Crippen molar-refractivity contribution in [2.24, 2.45) is 0 Å². The molecule has 2 atom stereocenters. The molecule has 4 heteroatoms. The number of carbonyl (C=O) groups excluding carboxylic acids is 1. The number of nitrogens with zero attached hydrogens (tertiary/aromatic N) is 1. The van der Waals surface area contributed by atoms with Crippen molar-refractivity contribution < 1.29 is 9.90 Å². The highest BCUT2D eigenvalue weighted by Gasteiger charge is 2.27. The zero-order chi connectivity index (χ0) is 16.2. The third kappa shape index (κ3) is 3.71. The van der Waals surface area contributed by atoms with E-state index in [1.165, 1.54) is 0 Å². The molecule has 0 aliphatic carbocycles. The van der Waals surface area contributed by atoms with Gasteiger partial charge in [0, 0.05) is 17.1 Å². The van der Waals surface area contributed by atoms with Crippen LogP contribution in [0.15, 0.2) is 42.5 Å². The van der Waals surface area contributed by atoms with Crippen molar-refractivity contribution in [3.8, 4) is 0 Å². The van der Waals surface area contributed by atoms with Crippen LogP contribution in [0.5, 0.6) is 0 Å². The molecule has 1 aliphatic rings. The molecule has 3 rings (SSSR count). The molecular formula is C19H24N2O2. The third-order valence-corrected chi connectivity index (χ3v) is 4.63. The van der Waals surface area contributed by atoms with E-state index in [0.717, 1.165) is 42.3 Å². The molecule has 2 N–H and O–H groups in total. The fraction of sp³-hybridized carbons (Fsp3) is 0.421. The van der Waals surface area contributed by atoms with Crippen LogP contribution in [0.25, 0.3) is 10.8 Å². The summed E-state index contributed by atoms with van der Waals surface area (Å²) in [6.07, 6.45) is 2.77. The van der Waals surface area contributed by atoms with Crippen LogP contribution in [0.2, 0.25) is 0 Å². The summed E-state index contributed by atoms with van der Waals surface area (Å²) >= 11 is 0. The molecule has 0 aromatic heterocycles. The van der Waals surface area contributed by atoms with E-state index in [0.29, 0.717) is 6.54 Å². The molecule has 2 unspecified atom stereocenters. The third-order valence-electron chi connectivity index (χ3n) is 4.63. The molecule has 0 radical (unpaired) electrons. The number of amides is 1. The van der Waals surface area contributed by atoms with E-state index in [4.69, 9.17) is 0 Å².